The lowest BCUT2D eigenvalue weighted by Gasteiger charge is -2.29. The van der Waals surface area contributed by atoms with Crippen LogP contribution in [-0.4, -0.2) is 40.5 Å². The van der Waals surface area contributed by atoms with Crippen molar-refractivity contribution in [3.63, 3.8) is 0 Å². The summed E-state index contributed by atoms with van der Waals surface area (Å²) in [6.45, 7) is 6.11. The molecule has 6 heteroatoms. The second kappa shape index (κ2) is 6.09. The van der Waals surface area contributed by atoms with Crippen molar-refractivity contribution in [2.45, 2.75) is 32.9 Å². The van der Waals surface area contributed by atoms with E-state index in [1.165, 1.54) is 10.4 Å². The summed E-state index contributed by atoms with van der Waals surface area (Å²) in [5.41, 5.74) is 2.24. The molecule has 2 aromatic heterocycles. The normalized spacial score (nSPS) is 21.6. The summed E-state index contributed by atoms with van der Waals surface area (Å²) in [6.07, 6.45) is 1.95. The number of carbonyl (C=O) groups is 1. The van der Waals surface area contributed by atoms with Gasteiger partial charge in [-0.05, 0) is 43.3 Å². The smallest absolute Gasteiger partial charge is 0.227 e. The molecule has 2 aromatic rings. The average Bonchev–Trinajstić information content (AvgIpc) is 3.27. The summed E-state index contributed by atoms with van der Waals surface area (Å²) in [4.78, 5) is 18.6. The van der Waals surface area contributed by atoms with E-state index in [0.717, 1.165) is 57.0 Å². The highest BCUT2D eigenvalue weighted by Crippen LogP contribution is 2.27. The van der Waals surface area contributed by atoms with Crippen molar-refractivity contribution >= 4 is 17.2 Å². The van der Waals surface area contributed by atoms with Crippen molar-refractivity contribution < 1.29 is 9.32 Å². The molecule has 4 rings (SSSR count). The van der Waals surface area contributed by atoms with Crippen molar-refractivity contribution in [3.8, 4) is 0 Å². The minimum Gasteiger partial charge on any atom is -0.360 e. The highest BCUT2D eigenvalue weighted by molar-refractivity contribution is 7.10. The van der Waals surface area contributed by atoms with Gasteiger partial charge in [0.1, 0.15) is 0 Å². The molecule has 0 radical (unpaired) electrons. The number of aryl methyl sites for hydroxylation is 1. The molecular weight excluding hydrogens is 310 g/mol. The summed E-state index contributed by atoms with van der Waals surface area (Å²) < 4.78 is 5.28. The fourth-order valence-electron chi connectivity index (χ4n) is 3.58. The van der Waals surface area contributed by atoms with Crippen LogP contribution >= 0.6 is 11.3 Å². The van der Waals surface area contributed by atoms with Gasteiger partial charge in [-0.1, -0.05) is 5.16 Å². The van der Waals surface area contributed by atoms with Gasteiger partial charge in [0.25, 0.3) is 0 Å². The third kappa shape index (κ3) is 3.05. The maximum atomic E-state index is 12.8. The van der Waals surface area contributed by atoms with Crippen molar-refractivity contribution in [3.05, 3.63) is 39.4 Å². The molecule has 122 valence electrons. The zero-order chi connectivity index (χ0) is 15.8. The van der Waals surface area contributed by atoms with E-state index in [0.29, 0.717) is 5.91 Å². The summed E-state index contributed by atoms with van der Waals surface area (Å²) in [5.74, 6) is 1.33. The molecule has 1 saturated heterocycles. The zero-order valence-corrected chi connectivity index (χ0v) is 14.1. The van der Waals surface area contributed by atoms with Crippen molar-refractivity contribution in [1.82, 2.24) is 15.0 Å². The van der Waals surface area contributed by atoms with E-state index in [4.69, 9.17) is 4.52 Å². The molecule has 4 heterocycles. The van der Waals surface area contributed by atoms with Gasteiger partial charge in [-0.25, -0.2) is 0 Å². The van der Waals surface area contributed by atoms with Crippen LogP contribution in [0.2, 0.25) is 0 Å². The van der Waals surface area contributed by atoms with Gasteiger partial charge in [0.05, 0.1) is 18.2 Å². The fraction of sp³-hybridized carbons (Fsp3) is 0.529. The number of rotatable bonds is 3. The number of carbonyl (C=O) groups excluding carboxylic acids is 1. The Morgan fingerprint density at radius 2 is 2.39 bits per heavy atom. The number of nitrogens with zero attached hydrogens (tertiary/aromatic N) is 3. The molecular formula is C17H21N3O2S. The van der Waals surface area contributed by atoms with E-state index in [1.54, 1.807) is 0 Å². The Morgan fingerprint density at radius 1 is 1.48 bits per heavy atom. The van der Waals surface area contributed by atoms with E-state index in [9.17, 15) is 4.79 Å². The Bertz CT molecular complexity index is 708. The SMILES string of the molecule is Cc1cc(CN2CCC(C(=O)N3CCc4sccc4C3)C2)on1. The number of amides is 1. The van der Waals surface area contributed by atoms with Gasteiger partial charge in [-0.2, -0.15) is 0 Å². The molecule has 1 atom stereocenters. The minimum atomic E-state index is 0.124. The van der Waals surface area contributed by atoms with Crippen molar-refractivity contribution in [1.29, 1.82) is 0 Å². The minimum absolute atomic E-state index is 0.124. The number of aromatic nitrogens is 1. The third-order valence-electron chi connectivity index (χ3n) is 4.80. The molecule has 0 bridgehead atoms. The molecule has 1 unspecified atom stereocenters. The van der Waals surface area contributed by atoms with E-state index in [2.05, 4.69) is 21.5 Å². The summed E-state index contributed by atoms with van der Waals surface area (Å²) in [7, 11) is 0. The van der Waals surface area contributed by atoms with Gasteiger partial charge < -0.3 is 9.42 Å². The van der Waals surface area contributed by atoms with Crippen LogP contribution in [-0.2, 0) is 24.3 Å². The first-order valence-electron chi connectivity index (χ1n) is 8.17. The number of hydrogen-bond acceptors (Lipinski definition) is 5. The largest absolute Gasteiger partial charge is 0.360 e. The second-order valence-electron chi connectivity index (χ2n) is 6.53. The Kier molecular flexibility index (Phi) is 3.95. The van der Waals surface area contributed by atoms with Crippen molar-refractivity contribution in [2.75, 3.05) is 19.6 Å². The van der Waals surface area contributed by atoms with Gasteiger partial charge in [0, 0.05) is 30.6 Å². The molecule has 0 aliphatic carbocycles. The second-order valence-corrected chi connectivity index (χ2v) is 7.53. The van der Waals surface area contributed by atoms with E-state index >= 15 is 0 Å². The Balaban J connectivity index is 1.35. The number of fused-ring (bicyclic) bond motifs is 1. The van der Waals surface area contributed by atoms with E-state index in [-0.39, 0.29) is 5.92 Å². The summed E-state index contributed by atoms with van der Waals surface area (Å²) in [6, 6.07) is 4.13. The van der Waals surface area contributed by atoms with Gasteiger partial charge in [-0.15, -0.1) is 11.3 Å². The molecule has 2 aliphatic heterocycles. The van der Waals surface area contributed by atoms with Crippen LogP contribution in [0.15, 0.2) is 22.0 Å². The lowest BCUT2D eigenvalue weighted by Crippen LogP contribution is -2.40. The first-order valence-corrected chi connectivity index (χ1v) is 9.05. The predicted octanol–water partition coefficient (Wildman–Crippen LogP) is 2.45. The fourth-order valence-corrected chi connectivity index (χ4v) is 4.47. The lowest BCUT2D eigenvalue weighted by molar-refractivity contribution is -0.136. The maximum absolute atomic E-state index is 12.8. The van der Waals surface area contributed by atoms with Crippen LogP contribution in [0.4, 0.5) is 0 Å². The predicted molar refractivity (Wildman–Crippen MR) is 88.1 cm³/mol. The molecule has 23 heavy (non-hydrogen) atoms. The van der Waals surface area contributed by atoms with Crippen molar-refractivity contribution in [2.24, 2.45) is 5.92 Å². The first kappa shape index (κ1) is 14.9. The topological polar surface area (TPSA) is 49.6 Å². The molecule has 1 fully saturated rings. The van der Waals surface area contributed by atoms with E-state index in [1.807, 2.05) is 29.2 Å². The average molecular weight is 331 g/mol. The maximum Gasteiger partial charge on any atom is 0.227 e. The molecule has 1 amide bonds. The van der Waals surface area contributed by atoms with Crippen LogP contribution in [0.25, 0.3) is 0 Å². The Hall–Kier alpha value is -1.66. The monoisotopic (exact) mass is 331 g/mol. The van der Waals surface area contributed by atoms with Crippen LogP contribution < -0.4 is 0 Å². The van der Waals surface area contributed by atoms with E-state index < -0.39 is 0 Å². The highest BCUT2D eigenvalue weighted by atomic mass is 32.1. The zero-order valence-electron chi connectivity index (χ0n) is 13.3. The van der Waals surface area contributed by atoms with Crippen LogP contribution in [0, 0.1) is 12.8 Å². The summed E-state index contributed by atoms with van der Waals surface area (Å²) >= 11 is 1.81. The van der Waals surface area contributed by atoms with Gasteiger partial charge in [0.15, 0.2) is 5.76 Å². The molecule has 0 saturated carbocycles. The van der Waals surface area contributed by atoms with Gasteiger partial charge in [0.2, 0.25) is 5.91 Å². The molecule has 5 nitrogen and oxygen atoms in total. The molecule has 0 spiro atoms. The summed E-state index contributed by atoms with van der Waals surface area (Å²) in [5, 5.41) is 6.06. The Morgan fingerprint density at radius 3 is 3.22 bits per heavy atom. The molecule has 2 aliphatic rings. The van der Waals surface area contributed by atoms with Crippen LogP contribution in [0.5, 0.6) is 0 Å². The number of hydrogen-bond donors (Lipinski definition) is 0. The standard InChI is InChI=1S/C17H21N3O2S/c1-12-8-15(22-18-12)11-19-5-2-14(9-19)17(21)20-6-3-16-13(10-20)4-7-23-16/h4,7-8,14H,2-3,5-6,9-11H2,1H3. The van der Waals surface area contributed by atoms with Crippen LogP contribution in [0.3, 0.4) is 0 Å². The van der Waals surface area contributed by atoms with Gasteiger partial charge >= 0.3 is 0 Å². The molecule has 0 aromatic carbocycles. The lowest BCUT2D eigenvalue weighted by atomic mass is 10.0. The van der Waals surface area contributed by atoms with Gasteiger partial charge in [-0.3, -0.25) is 9.69 Å². The number of thiophene rings is 1. The molecule has 0 N–H and O–H groups in total. The Labute approximate surface area is 139 Å². The number of likely N-dealkylation sites (tertiary alicyclic amines) is 1. The quantitative estimate of drug-likeness (QED) is 0.867. The van der Waals surface area contributed by atoms with Crippen LogP contribution in [0.1, 0.15) is 28.3 Å². The highest BCUT2D eigenvalue weighted by Gasteiger charge is 2.33. The third-order valence-corrected chi connectivity index (χ3v) is 5.82. The first-order chi connectivity index (χ1) is 11.2.